The summed E-state index contributed by atoms with van der Waals surface area (Å²) in [6, 6.07) is 6.28. The van der Waals surface area contributed by atoms with Gasteiger partial charge >= 0.3 is 5.97 Å². The molecule has 104 valence electrons. The lowest BCUT2D eigenvalue weighted by molar-refractivity contribution is -0.154. The van der Waals surface area contributed by atoms with Crippen LogP contribution in [0.1, 0.15) is 30.4 Å². The van der Waals surface area contributed by atoms with Gasteiger partial charge in [-0.25, -0.2) is 0 Å². The second kappa shape index (κ2) is 6.06. The van der Waals surface area contributed by atoms with Crippen LogP contribution in [0, 0.1) is 12.3 Å². The minimum absolute atomic E-state index is 0.494. The number of aryl methyl sites for hydroxylation is 1. The molecule has 0 bridgehead atoms. The summed E-state index contributed by atoms with van der Waals surface area (Å²) in [7, 11) is 0. The van der Waals surface area contributed by atoms with Gasteiger partial charge in [0, 0.05) is 11.0 Å². The first-order chi connectivity index (χ1) is 9.03. The molecule has 19 heavy (non-hydrogen) atoms. The van der Waals surface area contributed by atoms with Gasteiger partial charge in [-0.15, -0.1) is 0 Å². The molecule has 1 aromatic rings. The molecule has 1 aliphatic rings. The molecule has 1 aromatic carbocycles. The van der Waals surface area contributed by atoms with Crippen LogP contribution in [0.5, 0.6) is 0 Å². The van der Waals surface area contributed by atoms with Crippen LogP contribution in [0.25, 0.3) is 0 Å². The van der Waals surface area contributed by atoms with Crippen molar-refractivity contribution in [2.75, 3.05) is 13.1 Å². The Balaban J connectivity index is 1.81. The third-order valence-corrected chi connectivity index (χ3v) is 4.60. The third kappa shape index (κ3) is 3.37. The van der Waals surface area contributed by atoms with Crippen LogP contribution in [0.2, 0.25) is 0 Å². The number of carbonyl (C=O) groups is 1. The van der Waals surface area contributed by atoms with Crippen molar-refractivity contribution in [1.82, 2.24) is 5.32 Å². The number of rotatable bonds is 6. The fraction of sp³-hybridized carbons (Fsp3) is 0.533. The van der Waals surface area contributed by atoms with Crippen LogP contribution >= 0.6 is 15.9 Å². The van der Waals surface area contributed by atoms with E-state index in [0.717, 1.165) is 36.7 Å². The summed E-state index contributed by atoms with van der Waals surface area (Å²) < 4.78 is 1.09. The Morgan fingerprint density at radius 2 is 2.21 bits per heavy atom. The van der Waals surface area contributed by atoms with Crippen molar-refractivity contribution in [3.8, 4) is 0 Å². The van der Waals surface area contributed by atoms with Crippen molar-refractivity contribution < 1.29 is 9.90 Å². The molecular weight excluding hydrogens is 306 g/mol. The Kier molecular flexibility index (Phi) is 4.63. The molecule has 0 spiro atoms. The maximum atomic E-state index is 11.2. The van der Waals surface area contributed by atoms with E-state index in [1.807, 2.05) is 6.07 Å². The van der Waals surface area contributed by atoms with Crippen molar-refractivity contribution in [3.05, 3.63) is 33.8 Å². The average molecular weight is 326 g/mol. The highest BCUT2D eigenvalue weighted by molar-refractivity contribution is 9.10. The van der Waals surface area contributed by atoms with Crippen LogP contribution in [-0.2, 0) is 11.2 Å². The quantitative estimate of drug-likeness (QED) is 0.790. The van der Waals surface area contributed by atoms with Crippen molar-refractivity contribution in [1.29, 1.82) is 0 Å². The molecule has 0 heterocycles. The Bertz CT molecular complexity index is 469. The van der Waals surface area contributed by atoms with Gasteiger partial charge in [-0.1, -0.05) is 28.4 Å². The third-order valence-electron chi connectivity index (χ3n) is 4.11. The van der Waals surface area contributed by atoms with E-state index < -0.39 is 11.4 Å². The van der Waals surface area contributed by atoms with Gasteiger partial charge in [0.15, 0.2) is 0 Å². The fourth-order valence-corrected chi connectivity index (χ4v) is 2.94. The number of carboxylic acid groups (broad SMARTS) is 1. The SMILES string of the molecule is Cc1ccc(Br)cc1CCNCC1(C(=O)O)CCC1. The second-order valence-electron chi connectivity index (χ2n) is 5.44. The summed E-state index contributed by atoms with van der Waals surface area (Å²) in [5.41, 5.74) is 2.09. The lowest BCUT2D eigenvalue weighted by atomic mass is 9.69. The van der Waals surface area contributed by atoms with Gasteiger partial charge in [-0.05, 0) is 56.0 Å². The minimum Gasteiger partial charge on any atom is -0.481 e. The molecule has 0 atom stereocenters. The molecule has 4 heteroatoms. The van der Waals surface area contributed by atoms with Crippen LogP contribution in [-0.4, -0.2) is 24.2 Å². The molecule has 0 aliphatic heterocycles. The molecule has 0 aromatic heterocycles. The van der Waals surface area contributed by atoms with Gasteiger partial charge in [-0.3, -0.25) is 4.79 Å². The standard InChI is InChI=1S/C15H20BrNO2/c1-11-3-4-13(16)9-12(11)5-8-17-10-15(14(18)19)6-2-7-15/h3-4,9,17H,2,5-8,10H2,1H3,(H,18,19). The molecule has 0 saturated heterocycles. The van der Waals surface area contributed by atoms with E-state index in [0.29, 0.717) is 6.54 Å². The normalized spacial score (nSPS) is 16.9. The first-order valence-corrected chi connectivity index (χ1v) is 7.52. The lowest BCUT2D eigenvalue weighted by Gasteiger charge is -2.37. The van der Waals surface area contributed by atoms with E-state index in [9.17, 15) is 9.90 Å². The zero-order valence-electron chi connectivity index (χ0n) is 11.2. The molecule has 0 unspecified atom stereocenters. The summed E-state index contributed by atoms with van der Waals surface area (Å²) in [6.07, 6.45) is 3.59. The number of benzene rings is 1. The number of nitrogens with one attached hydrogen (secondary N) is 1. The van der Waals surface area contributed by atoms with E-state index in [4.69, 9.17) is 0 Å². The summed E-state index contributed by atoms with van der Waals surface area (Å²) >= 11 is 3.48. The van der Waals surface area contributed by atoms with Gasteiger partial charge < -0.3 is 10.4 Å². The molecule has 3 nitrogen and oxygen atoms in total. The highest BCUT2D eigenvalue weighted by Gasteiger charge is 2.43. The molecule has 1 saturated carbocycles. The van der Waals surface area contributed by atoms with E-state index in [-0.39, 0.29) is 0 Å². The molecular formula is C15H20BrNO2. The van der Waals surface area contributed by atoms with Crippen molar-refractivity contribution in [3.63, 3.8) is 0 Å². The van der Waals surface area contributed by atoms with Gasteiger partial charge in [0.05, 0.1) is 5.41 Å². The maximum absolute atomic E-state index is 11.2. The van der Waals surface area contributed by atoms with Gasteiger partial charge in [0.25, 0.3) is 0 Å². The summed E-state index contributed by atoms with van der Waals surface area (Å²) in [5, 5.41) is 12.5. The highest BCUT2D eigenvalue weighted by Crippen LogP contribution is 2.40. The van der Waals surface area contributed by atoms with Crippen LogP contribution in [0.3, 0.4) is 0 Å². The number of hydrogen-bond acceptors (Lipinski definition) is 2. The highest BCUT2D eigenvalue weighted by atomic mass is 79.9. The van der Waals surface area contributed by atoms with E-state index in [2.05, 4.69) is 40.3 Å². The molecule has 0 radical (unpaired) electrons. The van der Waals surface area contributed by atoms with Crippen LogP contribution in [0.15, 0.2) is 22.7 Å². The molecule has 0 amide bonds. The number of halogens is 1. The zero-order valence-corrected chi connectivity index (χ0v) is 12.8. The second-order valence-corrected chi connectivity index (χ2v) is 6.35. The molecule has 2 N–H and O–H groups in total. The maximum Gasteiger partial charge on any atom is 0.310 e. The van der Waals surface area contributed by atoms with Crippen molar-refractivity contribution >= 4 is 21.9 Å². The van der Waals surface area contributed by atoms with Crippen molar-refractivity contribution in [2.24, 2.45) is 5.41 Å². The van der Waals surface area contributed by atoms with Crippen molar-refractivity contribution in [2.45, 2.75) is 32.6 Å². The molecule has 1 fully saturated rings. The molecule has 1 aliphatic carbocycles. The largest absolute Gasteiger partial charge is 0.481 e. The summed E-state index contributed by atoms with van der Waals surface area (Å²) in [5.74, 6) is -0.648. The first kappa shape index (κ1) is 14.5. The number of carboxylic acids is 1. The zero-order chi connectivity index (χ0) is 13.9. The number of aliphatic carboxylic acids is 1. The van der Waals surface area contributed by atoms with Gasteiger partial charge in [0.2, 0.25) is 0 Å². The Morgan fingerprint density at radius 3 is 2.79 bits per heavy atom. The van der Waals surface area contributed by atoms with Crippen LogP contribution in [0.4, 0.5) is 0 Å². The Morgan fingerprint density at radius 1 is 1.47 bits per heavy atom. The Hall–Kier alpha value is -0.870. The van der Waals surface area contributed by atoms with E-state index in [1.54, 1.807) is 0 Å². The average Bonchev–Trinajstić information content (AvgIpc) is 2.30. The minimum atomic E-state index is -0.648. The first-order valence-electron chi connectivity index (χ1n) is 6.73. The topological polar surface area (TPSA) is 49.3 Å². The monoisotopic (exact) mass is 325 g/mol. The van der Waals surface area contributed by atoms with Crippen LogP contribution < -0.4 is 5.32 Å². The van der Waals surface area contributed by atoms with Gasteiger partial charge in [-0.2, -0.15) is 0 Å². The van der Waals surface area contributed by atoms with Gasteiger partial charge in [0.1, 0.15) is 0 Å². The number of hydrogen-bond donors (Lipinski definition) is 2. The predicted octanol–water partition coefficient (Wildman–Crippen LogP) is 3.14. The summed E-state index contributed by atoms with van der Waals surface area (Å²) in [4.78, 5) is 11.2. The Labute approximate surface area is 122 Å². The van der Waals surface area contributed by atoms with E-state index >= 15 is 0 Å². The molecule has 2 rings (SSSR count). The summed E-state index contributed by atoms with van der Waals surface area (Å²) in [6.45, 7) is 3.52. The smallest absolute Gasteiger partial charge is 0.310 e. The fourth-order valence-electron chi connectivity index (χ4n) is 2.53. The lowest BCUT2D eigenvalue weighted by Crippen LogP contribution is -2.46. The predicted molar refractivity (Wildman–Crippen MR) is 79.4 cm³/mol. The van der Waals surface area contributed by atoms with E-state index in [1.165, 1.54) is 11.1 Å².